The molecule has 1 aromatic carbocycles. The van der Waals surface area contributed by atoms with Crippen molar-refractivity contribution < 1.29 is 4.39 Å². The lowest BCUT2D eigenvalue weighted by atomic mass is 10.1. The van der Waals surface area contributed by atoms with E-state index in [0.29, 0.717) is 24.2 Å². The number of aryl methyl sites for hydroxylation is 1. The minimum absolute atomic E-state index is 0.334. The molecular formula is C13H13FN4. The van der Waals surface area contributed by atoms with Crippen molar-refractivity contribution in [2.75, 3.05) is 0 Å². The average molecular weight is 244 g/mol. The van der Waals surface area contributed by atoms with Crippen LogP contribution in [-0.2, 0) is 20.1 Å². The Morgan fingerprint density at radius 3 is 2.89 bits per heavy atom. The first kappa shape index (κ1) is 12.3. The molecule has 5 heteroatoms. The molecule has 4 nitrogen and oxygen atoms in total. The molecule has 1 N–H and O–H groups in total. The van der Waals surface area contributed by atoms with Crippen LogP contribution in [0.15, 0.2) is 30.6 Å². The molecule has 0 spiro atoms. The van der Waals surface area contributed by atoms with Crippen molar-refractivity contribution in [3.8, 4) is 6.07 Å². The highest BCUT2D eigenvalue weighted by atomic mass is 19.1. The monoisotopic (exact) mass is 244 g/mol. The Labute approximate surface area is 105 Å². The maximum Gasteiger partial charge on any atom is 0.129 e. The normalized spacial score (nSPS) is 10.3. The predicted molar refractivity (Wildman–Crippen MR) is 64.9 cm³/mol. The third kappa shape index (κ3) is 2.73. The van der Waals surface area contributed by atoms with Crippen molar-refractivity contribution >= 4 is 0 Å². The number of nitrogens with zero attached hydrogens (tertiary/aromatic N) is 3. The largest absolute Gasteiger partial charge is 0.337 e. The van der Waals surface area contributed by atoms with Gasteiger partial charge in [0.1, 0.15) is 11.6 Å². The quantitative estimate of drug-likeness (QED) is 0.891. The molecule has 0 aliphatic heterocycles. The van der Waals surface area contributed by atoms with Gasteiger partial charge in [-0.1, -0.05) is 6.07 Å². The average Bonchev–Trinajstić information content (AvgIpc) is 2.77. The van der Waals surface area contributed by atoms with E-state index in [1.54, 1.807) is 18.3 Å². The zero-order chi connectivity index (χ0) is 13.0. The van der Waals surface area contributed by atoms with Crippen LogP contribution in [-0.4, -0.2) is 9.55 Å². The van der Waals surface area contributed by atoms with Gasteiger partial charge >= 0.3 is 0 Å². The van der Waals surface area contributed by atoms with E-state index >= 15 is 0 Å². The van der Waals surface area contributed by atoms with E-state index < -0.39 is 0 Å². The van der Waals surface area contributed by atoms with Crippen molar-refractivity contribution in [1.29, 1.82) is 5.26 Å². The van der Waals surface area contributed by atoms with Crippen molar-refractivity contribution in [2.45, 2.75) is 13.1 Å². The first-order valence-corrected chi connectivity index (χ1v) is 5.56. The molecule has 0 aliphatic carbocycles. The molecule has 0 aliphatic rings. The van der Waals surface area contributed by atoms with E-state index in [4.69, 9.17) is 5.26 Å². The number of nitriles is 1. The van der Waals surface area contributed by atoms with E-state index in [1.807, 2.05) is 23.9 Å². The van der Waals surface area contributed by atoms with E-state index in [2.05, 4.69) is 10.3 Å². The zero-order valence-corrected chi connectivity index (χ0v) is 10.0. The number of hydrogen-bond acceptors (Lipinski definition) is 3. The summed E-state index contributed by atoms with van der Waals surface area (Å²) in [5, 5.41) is 11.8. The van der Waals surface area contributed by atoms with E-state index in [-0.39, 0.29) is 5.82 Å². The van der Waals surface area contributed by atoms with Gasteiger partial charge in [0.25, 0.3) is 0 Å². The molecule has 18 heavy (non-hydrogen) atoms. The summed E-state index contributed by atoms with van der Waals surface area (Å²) >= 11 is 0. The van der Waals surface area contributed by atoms with Crippen LogP contribution in [0.5, 0.6) is 0 Å². The van der Waals surface area contributed by atoms with Crippen LogP contribution in [0.2, 0.25) is 0 Å². The lowest BCUT2D eigenvalue weighted by Gasteiger charge is -2.06. The highest BCUT2D eigenvalue weighted by Gasteiger charge is 2.04. The molecular weight excluding hydrogens is 231 g/mol. The second kappa shape index (κ2) is 5.43. The Morgan fingerprint density at radius 1 is 1.44 bits per heavy atom. The molecule has 0 saturated heterocycles. The van der Waals surface area contributed by atoms with Crippen LogP contribution in [0, 0.1) is 17.1 Å². The van der Waals surface area contributed by atoms with Gasteiger partial charge in [0, 0.05) is 31.5 Å². The molecule has 0 radical (unpaired) electrons. The van der Waals surface area contributed by atoms with Gasteiger partial charge in [-0.2, -0.15) is 5.26 Å². The van der Waals surface area contributed by atoms with Crippen molar-refractivity contribution in [3.63, 3.8) is 0 Å². The summed E-state index contributed by atoms with van der Waals surface area (Å²) in [5.41, 5.74) is 0.878. The Kier molecular flexibility index (Phi) is 3.70. The maximum atomic E-state index is 13.6. The van der Waals surface area contributed by atoms with Crippen LogP contribution < -0.4 is 5.32 Å². The predicted octanol–water partition coefficient (Wildman–Crippen LogP) is 1.72. The van der Waals surface area contributed by atoms with Gasteiger partial charge < -0.3 is 9.88 Å². The summed E-state index contributed by atoms with van der Waals surface area (Å²) in [6, 6.07) is 6.39. The molecule has 0 fully saturated rings. The fraction of sp³-hybridized carbons (Fsp3) is 0.231. The Balaban J connectivity index is 1.95. The Hall–Kier alpha value is -2.19. The zero-order valence-electron chi connectivity index (χ0n) is 10.0. The molecule has 1 aromatic heterocycles. The molecule has 2 rings (SSSR count). The first-order chi connectivity index (χ1) is 8.70. The van der Waals surface area contributed by atoms with Gasteiger partial charge in [-0.05, 0) is 12.1 Å². The lowest BCUT2D eigenvalue weighted by molar-refractivity contribution is 0.578. The summed E-state index contributed by atoms with van der Waals surface area (Å²) in [4.78, 5) is 4.16. The van der Waals surface area contributed by atoms with E-state index in [1.165, 1.54) is 6.07 Å². The number of nitrogens with one attached hydrogen (secondary N) is 1. The summed E-state index contributed by atoms with van der Waals surface area (Å²) < 4.78 is 15.5. The number of halogens is 1. The SMILES string of the molecule is Cn1ccnc1CNCc1ccc(C#N)cc1F. The summed E-state index contributed by atoms with van der Waals surface area (Å²) in [5.74, 6) is 0.533. The molecule has 92 valence electrons. The van der Waals surface area contributed by atoms with Gasteiger partial charge in [-0.25, -0.2) is 9.37 Å². The summed E-state index contributed by atoms with van der Waals surface area (Å²) in [6.45, 7) is 0.980. The molecule has 0 amide bonds. The third-order valence-corrected chi connectivity index (χ3v) is 2.70. The second-order valence-corrected chi connectivity index (χ2v) is 3.98. The van der Waals surface area contributed by atoms with Gasteiger partial charge in [0.05, 0.1) is 18.2 Å². The highest BCUT2D eigenvalue weighted by Crippen LogP contribution is 2.09. The standard InChI is InChI=1S/C13H13FN4/c1-18-5-4-17-13(18)9-16-8-11-3-2-10(7-15)6-12(11)14/h2-6,16H,8-9H2,1H3. The highest BCUT2D eigenvalue weighted by molar-refractivity contribution is 5.32. The van der Waals surface area contributed by atoms with Crippen molar-refractivity contribution in [2.24, 2.45) is 7.05 Å². The van der Waals surface area contributed by atoms with Crippen molar-refractivity contribution in [3.05, 3.63) is 53.4 Å². The topological polar surface area (TPSA) is 53.6 Å². The van der Waals surface area contributed by atoms with E-state index in [9.17, 15) is 4.39 Å². The number of imidazole rings is 1. The minimum atomic E-state index is -0.360. The third-order valence-electron chi connectivity index (χ3n) is 2.70. The summed E-state index contributed by atoms with van der Waals surface area (Å²) in [7, 11) is 1.91. The summed E-state index contributed by atoms with van der Waals surface area (Å²) in [6.07, 6.45) is 3.58. The van der Waals surface area contributed by atoms with Crippen LogP contribution in [0.4, 0.5) is 4.39 Å². The number of rotatable bonds is 4. The first-order valence-electron chi connectivity index (χ1n) is 5.56. The maximum absolute atomic E-state index is 13.6. The molecule has 0 bridgehead atoms. The van der Waals surface area contributed by atoms with Crippen molar-refractivity contribution in [1.82, 2.24) is 14.9 Å². The number of benzene rings is 1. The smallest absolute Gasteiger partial charge is 0.129 e. The van der Waals surface area contributed by atoms with Crippen LogP contribution in [0.25, 0.3) is 0 Å². The van der Waals surface area contributed by atoms with Gasteiger partial charge in [0.15, 0.2) is 0 Å². The fourth-order valence-corrected chi connectivity index (χ4v) is 1.64. The van der Waals surface area contributed by atoms with Crippen LogP contribution in [0.3, 0.4) is 0 Å². The van der Waals surface area contributed by atoms with Crippen LogP contribution >= 0.6 is 0 Å². The number of aromatic nitrogens is 2. The number of hydrogen-bond donors (Lipinski definition) is 1. The van der Waals surface area contributed by atoms with Crippen LogP contribution in [0.1, 0.15) is 17.0 Å². The Morgan fingerprint density at radius 2 is 2.28 bits per heavy atom. The lowest BCUT2D eigenvalue weighted by Crippen LogP contribution is -2.16. The molecule has 0 saturated carbocycles. The second-order valence-electron chi connectivity index (χ2n) is 3.98. The molecule has 2 aromatic rings. The fourth-order valence-electron chi connectivity index (χ4n) is 1.64. The molecule has 0 atom stereocenters. The Bertz CT molecular complexity index is 583. The minimum Gasteiger partial charge on any atom is -0.337 e. The van der Waals surface area contributed by atoms with E-state index in [0.717, 1.165) is 5.82 Å². The molecule has 1 heterocycles. The van der Waals surface area contributed by atoms with Gasteiger partial charge in [-0.3, -0.25) is 0 Å². The van der Waals surface area contributed by atoms with Gasteiger partial charge in [0.2, 0.25) is 0 Å². The molecule has 0 unspecified atom stereocenters. The van der Waals surface area contributed by atoms with Gasteiger partial charge in [-0.15, -0.1) is 0 Å².